The molecule has 1 aromatic heterocycles. The van der Waals surface area contributed by atoms with Gasteiger partial charge in [-0.15, -0.1) is 0 Å². The van der Waals surface area contributed by atoms with Crippen LogP contribution in [0.15, 0.2) is 58.0 Å². The molecule has 0 aliphatic heterocycles. The summed E-state index contributed by atoms with van der Waals surface area (Å²) in [6, 6.07) is 11.8. The van der Waals surface area contributed by atoms with Crippen molar-refractivity contribution in [2.45, 2.75) is 18.7 Å². The van der Waals surface area contributed by atoms with Crippen LogP contribution in [0.4, 0.5) is 5.69 Å². The second kappa shape index (κ2) is 6.60. The molecular formula is C18H18N2O4S. The Hall–Kier alpha value is -2.80. The predicted octanol–water partition coefficient (Wildman–Crippen LogP) is 3.77. The Morgan fingerprint density at radius 1 is 1.08 bits per heavy atom. The lowest BCUT2D eigenvalue weighted by Gasteiger charge is -2.12. The molecule has 130 valence electrons. The van der Waals surface area contributed by atoms with Crippen molar-refractivity contribution in [2.75, 3.05) is 11.8 Å². The van der Waals surface area contributed by atoms with Gasteiger partial charge in [0.15, 0.2) is 11.7 Å². The van der Waals surface area contributed by atoms with E-state index in [1.165, 1.54) is 13.2 Å². The van der Waals surface area contributed by atoms with Crippen molar-refractivity contribution in [2.24, 2.45) is 0 Å². The lowest BCUT2D eigenvalue weighted by atomic mass is 10.2. The molecule has 0 radical (unpaired) electrons. The number of nitrogens with one attached hydrogen (secondary N) is 1. The van der Waals surface area contributed by atoms with E-state index in [1.54, 1.807) is 56.4 Å². The quantitative estimate of drug-likeness (QED) is 0.751. The van der Waals surface area contributed by atoms with Gasteiger partial charge in [0.1, 0.15) is 5.75 Å². The Balaban J connectivity index is 1.86. The molecule has 7 heteroatoms. The third kappa shape index (κ3) is 3.66. The van der Waals surface area contributed by atoms with Gasteiger partial charge >= 0.3 is 0 Å². The number of hydrogen-bond donors (Lipinski definition) is 1. The number of aryl methyl sites for hydroxylation is 2. The number of benzene rings is 2. The summed E-state index contributed by atoms with van der Waals surface area (Å²) in [4.78, 5) is 4.23. The van der Waals surface area contributed by atoms with Crippen LogP contribution in [-0.2, 0) is 10.0 Å². The van der Waals surface area contributed by atoms with Crippen molar-refractivity contribution in [1.29, 1.82) is 0 Å². The van der Waals surface area contributed by atoms with Gasteiger partial charge < -0.3 is 9.15 Å². The van der Waals surface area contributed by atoms with E-state index in [2.05, 4.69) is 9.71 Å². The minimum Gasteiger partial charge on any atom is -0.497 e. The van der Waals surface area contributed by atoms with Gasteiger partial charge in [-0.2, -0.15) is 0 Å². The summed E-state index contributed by atoms with van der Waals surface area (Å²) < 4.78 is 38.5. The monoisotopic (exact) mass is 358 g/mol. The molecule has 1 heterocycles. The lowest BCUT2D eigenvalue weighted by Crippen LogP contribution is -2.14. The summed E-state index contributed by atoms with van der Waals surface area (Å²) in [5.74, 6) is 1.70. The van der Waals surface area contributed by atoms with E-state index >= 15 is 0 Å². The fraction of sp³-hybridized carbons (Fsp3) is 0.167. The molecule has 25 heavy (non-hydrogen) atoms. The van der Waals surface area contributed by atoms with Gasteiger partial charge in [-0.05, 0) is 42.8 Å². The van der Waals surface area contributed by atoms with Gasteiger partial charge in [0, 0.05) is 24.2 Å². The third-order valence-corrected chi connectivity index (χ3v) is 5.25. The first-order valence-corrected chi connectivity index (χ1v) is 9.08. The van der Waals surface area contributed by atoms with Crippen molar-refractivity contribution in [3.05, 3.63) is 60.1 Å². The summed E-state index contributed by atoms with van der Waals surface area (Å²) in [5, 5.41) is 0. The van der Waals surface area contributed by atoms with E-state index in [1.807, 2.05) is 0 Å². The molecule has 0 unspecified atom stereocenters. The first-order valence-electron chi connectivity index (χ1n) is 7.59. The smallest absolute Gasteiger partial charge is 0.262 e. The maximum atomic E-state index is 12.7. The Morgan fingerprint density at radius 2 is 1.80 bits per heavy atom. The molecule has 0 amide bonds. The second-order valence-corrected chi connectivity index (χ2v) is 7.21. The highest BCUT2D eigenvalue weighted by molar-refractivity contribution is 7.92. The van der Waals surface area contributed by atoms with Crippen LogP contribution < -0.4 is 9.46 Å². The van der Waals surface area contributed by atoms with Crippen molar-refractivity contribution < 1.29 is 17.6 Å². The molecule has 0 saturated heterocycles. The Bertz CT molecular complexity index is 992. The Morgan fingerprint density at radius 3 is 2.40 bits per heavy atom. The molecule has 3 aromatic rings. The molecule has 0 spiro atoms. The Labute approximate surface area is 146 Å². The normalized spacial score (nSPS) is 11.3. The topological polar surface area (TPSA) is 81.4 Å². The summed E-state index contributed by atoms with van der Waals surface area (Å²) >= 11 is 0. The van der Waals surface area contributed by atoms with E-state index in [4.69, 9.17) is 9.15 Å². The molecule has 2 aromatic carbocycles. The third-order valence-electron chi connectivity index (χ3n) is 3.73. The van der Waals surface area contributed by atoms with E-state index < -0.39 is 10.0 Å². The zero-order valence-corrected chi connectivity index (χ0v) is 14.9. The SMILES string of the molecule is COc1ccc(C)c(S(=O)(=O)Nc2ccc(-c3cnc(C)o3)cc2)c1. The molecule has 0 aliphatic carbocycles. The first-order chi connectivity index (χ1) is 11.9. The van der Waals surface area contributed by atoms with Gasteiger partial charge in [-0.1, -0.05) is 6.07 Å². The van der Waals surface area contributed by atoms with Gasteiger partial charge in [0.25, 0.3) is 10.0 Å². The molecule has 0 aliphatic rings. The van der Waals surface area contributed by atoms with E-state index in [0.717, 1.165) is 5.56 Å². The zero-order valence-electron chi connectivity index (χ0n) is 14.1. The van der Waals surface area contributed by atoms with Crippen molar-refractivity contribution in [1.82, 2.24) is 4.98 Å². The van der Waals surface area contributed by atoms with E-state index in [-0.39, 0.29) is 4.90 Å². The van der Waals surface area contributed by atoms with Crippen molar-refractivity contribution in [3.8, 4) is 17.1 Å². The lowest BCUT2D eigenvalue weighted by molar-refractivity contribution is 0.413. The summed E-state index contributed by atoms with van der Waals surface area (Å²) in [6.07, 6.45) is 1.63. The maximum absolute atomic E-state index is 12.7. The van der Waals surface area contributed by atoms with Gasteiger partial charge in [-0.3, -0.25) is 4.72 Å². The average Bonchev–Trinajstić information content (AvgIpc) is 3.02. The Kier molecular flexibility index (Phi) is 4.50. The molecule has 6 nitrogen and oxygen atoms in total. The fourth-order valence-corrected chi connectivity index (χ4v) is 3.72. The summed E-state index contributed by atoms with van der Waals surface area (Å²) in [7, 11) is -2.22. The minimum atomic E-state index is -3.72. The number of oxazole rings is 1. The molecule has 0 saturated carbocycles. The second-order valence-electron chi connectivity index (χ2n) is 5.56. The molecule has 0 fully saturated rings. The number of anilines is 1. The minimum absolute atomic E-state index is 0.182. The van der Waals surface area contributed by atoms with Crippen LogP contribution in [0.3, 0.4) is 0 Å². The number of sulfonamides is 1. The van der Waals surface area contributed by atoms with Crippen molar-refractivity contribution >= 4 is 15.7 Å². The van der Waals surface area contributed by atoms with Crippen LogP contribution in [-0.4, -0.2) is 20.5 Å². The number of rotatable bonds is 5. The number of methoxy groups -OCH3 is 1. The first kappa shape index (κ1) is 17.0. The number of aromatic nitrogens is 1. The summed E-state index contributed by atoms with van der Waals surface area (Å²) in [5.41, 5.74) is 1.92. The van der Waals surface area contributed by atoms with Crippen molar-refractivity contribution in [3.63, 3.8) is 0 Å². The molecule has 3 rings (SSSR count). The average molecular weight is 358 g/mol. The molecule has 0 atom stereocenters. The molecule has 0 bridgehead atoms. The van der Waals surface area contributed by atoms with Crippen LogP contribution >= 0.6 is 0 Å². The van der Waals surface area contributed by atoms with Crippen LogP contribution in [0.2, 0.25) is 0 Å². The van der Waals surface area contributed by atoms with Crippen LogP contribution in [0.5, 0.6) is 5.75 Å². The number of nitrogens with zero attached hydrogens (tertiary/aromatic N) is 1. The van der Waals surface area contributed by atoms with E-state index in [9.17, 15) is 8.42 Å². The maximum Gasteiger partial charge on any atom is 0.262 e. The van der Waals surface area contributed by atoms with Gasteiger partial charge in [0.2, 0.25) is 0 Å². The van der Waals surface area contributed by atoms with Gasteiger partial charge in [-0.25, -0.2) is 13.4 Å². The highest BCUT2D eigenvalue weighted by Crippen LogP contribution is 2.26. The van der Waals surface area contributed by atoms with Crippen LogP contribution in [0.1, 0.15) is 11.5 Å². The predicted molar refractivity (Wildman–Crippen MR) is 95.2 cm³/mol. The summed E-state index contributed by atoms with van der Waals surface area (Å²) in [6.45, 7) is 3.51. The fourth-order valence-electron chi connectivity index (χ4n) is 2.40. The standard InChI is InChI=1S/C18H18N2O4S/c1-12-4-9-16(23-3)10-18(12)25(21,22)20-15-7-5-14(6-8-15)17-11-19-13(2)24-17/h4-11,20H,1-3H3. The highest BCUT2D eigenvalue weighted by Gasteiger charge is 2.18. The molecular weight excluding hydrogens is 340 g/mol. The van der Waals surface area contributed by atoms with Crippen LogP contribution in [0.25, 0.3) is 11.3 Å². The van der Waals surface area contributed by atoms with E-state index in [0.29, 0.717) is 28.7 Å². The number of ether oxygens (including phenoxy) is 1. The number of hydrogen-bond acceptors (Lipinski definition) is 5. The van der Waals surface area contributed by atoms with Gasteiger partial charge in [0.05, 0.1) is 18.2 Å². The van der Waals surface area contributed by atoms with Crippen LogP contribution in [0, 0.1) is 13.8 Å². The molecule has 1 N–H and O–H groups in total. The zero-order chi connectivity index (χ0) is 18.0. The largest absolute Gasteiger partial charge is 0.497 e. The highest BCUT2D eigenvalue weighted by atomic mass is 32.2.